The standard InChI is InChI=1S/C14H11ClFNO2/c1-9-4-3-7-17-14(9)19-8-11-10(13(15)18)5-2-6-12(11)16/h2-7H,8H2,1H3. The fourth-order valence-corrected chi connectivity index (χ4v) is 1.83. The van der Waals surface area contributed by atoms with Crippen LogP contribution in [0.1, 0.15) is 21.5 Å². The normalized spacial score (nSPS) is 10.3. The molecule has 2 aromatic rings. The number of rotatable bonds is 4. The number of hydrogen-bond acceptors (Lipinski definition) is 3. The van der Waals surface area contributed by atoms with E-state index in [0.29, 0.717) is 5.88 Å². The van der Waals surface area contributed by atoms with Gasteiger partial charge in [-0.1, -0.05) is 12.1 Å². The Morgan fingerprint density at radius 1 is 1.37 bits per heavy atom. The van der Waals surface area contributed by atoms with Crippen molar-refractivity contribution in [1.82, 2.24) is 4.98 Å². The fourth-order valence-electron chi connectivity index (χ4n) is 1.65. The van der Waals surface area contributed by atoms with Crippen molar-refractivity contribution in [3.8, 4) is 5.88 Å². The van der Waals surface area contributed by atoms with Gasteiger partial charge in [-0.2, -0.15) is 0 Å². The molecular formula is C14H11ClFNO2. The van der Waals surface area contributed by atoms with E-state index in [0.717, 1.165) is 5.56 Å². The molecule has 0 bridgehead atoms. The number of aromatic nitrogens is 1. The summed E-state index contributed by atoms with van der Waals surface area (Å²) in [7, 11) is 0. The summed E-state index contributed by atoms with van der Waals surface area (Å²) >= 11 is 5.42. The van der Waals surface area contributed by atoms with E-state index in [-0.39, 0.29) is 17.7 Å². The number of halogens is 2. The van der Waals surface area contributed by atoms with Crippen molar-refractivity contribution in [3.05, 3.63) is 59.0 Å². The number of benzene rings is 1. The maximum absolute atomic E-state index is 13.7. The summed E-state index contributed by atoms with van der Waals surface area (Å²) in [5.74, 6) is -0.126. The van der Waals surface area contributed by atoms with E-state index in [1.165, 1.54) is 18.2 Å². The molecule has 5 heteroatoms. The molecule has 0 aliphatic carbocycles. The number of ether oxygens (including phenoxy) is 1. The Labute approximate surface area is 115 Å². The predicted octanol–water partition coefficient (Wildman–Crippen LogP) is 3.49. The summed E-state index contributed by atoms with van der Waals surface area (Å²) in [5, 5.41) is -0.712. The van der Waals surface area contributed by atoms with E-state index in [4.69, 9.17) is 16.3 Å². The van der Waals surface area contributed by atoms with Gasteiger partial charge in [-0.15, -0.1) is 0 Å². The molecule has 0 N–H and O–H groups in total. The van der Waals surface area contributed by atoms with Crippen molar-refractivity contribution < 1.29 is 13.9 Å². The van der Waals surface area contributed by atoms with Crippen LogP contribution in [0.5, 0.6) is 5.88 Å². The van der Waals surface area contributed by atoms with E-state index >= 15 is 0 Å². The second-order valence-electron chi connectivity index (χ2n) is 3.95. The van der Waals surface area contributed by atoms with Crippen molar-refractivity contribution in [1.29, 1.82) is 0 Å². The van der Waals surface area contributed by atoms with Gasteiger partial charge in [-0.3, -0.25) is 4.79 Å². The van der Waals surface area contributed by atoms with Crippen molar-refractivity contribution in [2.75, 3.05) is 0 Å². The van der Waals surface area contributed by atoms with Crippen LogP contribution in [0.2, 0.25) is 0 Å². The van der Waals surface area contributed by atoms with Gasteiger partial charge in [0, 0.05) is 22.9 Å². The van der Waals surface area contributed by atoms with Gasteiger partial charge >= 0.3 is 0 Å². The predicted molar refractivity (Wildman–Crippen MR) is 69.9 cm³/mol. The summed E-state index contributed by atoms with van der Waals surface area (Å²) in [6, 6.07) is 7.76. The number of aryl methyl sites for hydroxylation is 1. The third-order valence-corrected chi connectivity index (χ3v) is 2.85. The van der Waals surface area contributed by atoms with E-state index in [9.17, 15) is 9.18 Å². The topological polar surface area (TPSA) is 39.2 Å². The smallest absolute Gasteiger partial charge is 0.252 e. The molecule has 0 atom stereocenters. The minimum atomic E-state index is -0.712. The Bertz CT molecular complexity index is 616. The molecule has 1 aromatic carbocycles. The second-order valence-corrected chi connectivity index (χ2v) is 4.30. The lowest BCUT2D eigenvalue weighted by atomic mass is 10.1. The minimum absolute atomic E-state index is 0.0989. The SMILES string of the molecule is Cc1cccnc1OCc1c(F)cccc1C(=O)Cl. The molecule has 3 nitrogen and oxygen atoms in total. The van der Waals surface area contributed by atoms with Crippen molar-refractivity contribution in [2.24, 2.45) is 0 Å². The van der Waals surface area contributed by atoms with Gasteiger partial charge in [0.25, 0.3) is 5.24 Å². The first-order valence-corrected chi connectivity index (χ1v) is 5.99. The molecular weight excluding hydrogens is 269 g/mol. The fraction of sp³-hybridized carbons (Fsp3) is 0.143. The number of carbonyl (C=O) groups excluding carboxylic acids is 1. The van der Waals surface area contributed by atoms with Crippen molar-refractivity contribution >= 4 is 16.8 Å². The van der Waals surface area contributed by atoms with E-state index in [1.54, 1.807) is 12.3 Å². The molecule has 0 aliphatic rings. The molecule has 2 rings (SSSR count). The lowest BCUT2D eigenvalue weighted by Gasteiger charge is -2.10. The van der Waals surface area contributed by atoms with Crippen molar-refractivity contribution in [3.63, 3.8) is 0 Å². The third kappa shape index (κ3) is 3.09. The summed E-state index contributed by atoms with van der Waals surface area (Å²) in [4.78, 5) is 15.3. The molecule has 0 saturated carbocycles. The summed E-state index contributed by atoms with van der Waals surface area (Å²) in [5.41, 5.74) is 1.07. The quantitative estimate of drug-likeness (QED) is 0.804. The molecule has 0 aliphatic heterocycles. The highest BCUT2D eigenvalue weighted by molar-refractivity contribution is 6.67. The maximum Gasteiger partial charge on any atom is 0.252 e. The molecule has 0 saturated heterocycles. The second kappa shape index (κ2) is 5.80. The third-order valence-electron chi connectivity index (χ3n) is 2.65. The van der Waals surface area contributed by atoms with Gasteiger partial charge in [0.2, 0.25) is 5.88 Å². The first-order valence-electron chi connectivity index (χ1n) is 5.61. The lowest BCUT2D eigenvalue weighted by molar-refractivity contribution is 0.107. The highest BCUT2D eigenvalue weighted by Crippen LogP contribution is 2.19. The van der Waals surface area contributed by atoms with Gasteiger partial charge < -0.3 is 4.74 Å². The average Bonchev–Trinajstić information content (AvgIpc) is 2.38. The Balaban J connectivity index is 2.25. The zero-order valence-electron chi connectivity index (χ0n) is 10.2. The molecule has 1 aromatic heterocycles. The monoisotopic (exact) mass is 279 g/mol. The first-order chi connectivity index (χ1) is 9.09. The average molecular weight is 280 g/mol. The largest absolute Gasteiger partial charge is 0.472 e. The van der Waals surface area contributed by atoms with Crippen molar-refractivity contribution in [2.45, 2.75) is 13.5 Å². The highest BCUT2D eigenvalue weighted by Gasteiger charge is 2.14. The zero-order chi connectivity index (χ0) is 13.8. The molecule has 0 spiro atoms. The van der Waals surface area contributed by atoms with Gasteiger partial charge in [-0.25, -0.2) is 9.37 Å². The Morgan fingerprint density at radius 2 is 2.16 bits per heavy atom. The van der Waals surface area contributed by atoms with E-state index in [1.807, 2.05) is 13.0 Å². The summed E-state index contributed by atoms with van der Waals surface area (Å²) in [6.07, 6.45) is 1.58. The van der Waals surface area contributed by atoms with Gasteiger partial charge in [-0.05, 0) is 36.7 Å². The molecule has 19 heavy (non-hydrogen) atoms. The Kier molecular flexibility index (Phi) is 4.12. The van der Waals surface area contributed by atoms with Crippen LogP contribution in [0.25, 0.3) is 0 Å². The molecule has 0 radical (unpaired) electrons. The van der Waals surface area contributed by atoms with E-state index in [2.05, 4.69) is 4.98 Å². The van der Waals surface area contributed by atoms with Gasteiger partial charge in [0.1, 0.15) is 12.4 Å². The number of hydrogen-bond donors (Lipinski definition) is 0. The molecule has 0 amide bonds. The highest BCUT2D eigenvalue weighted by atomic mass is 35.5. The summed E-state index contributed by atoms with van der Waals surface area (Å²) in [6.45, 7) is 1.73. The van der Waals surface area contributed by atoms with Gasteiger partial charge in [0.15, 0.2) is 0 Å². The van der Waals surface area contributed by atoms with Crippen LogP contribution in [-0.2, 0) is 6.61 Å². The first kappa shape index (κ1) is 13.5. The van der Waals surface area contributed by atoms with Crippen LogP contribution in [0.4, 0.5) is 4.39 Å². The van der Waals surface area contributed by atoms with Crippen LogP contribution in [-0.4, -0.2) is 10.2 Å². The molecule has 0 fully saturated rings. The number of carbonyl (C=O) groups is 1. The van der Waals surface area contributed by atoms with E-state index < -0.39 is 11.1 Å². The van der Waals surface area contributed by atoms with Crippen LogP contribution >= 0.6 is 11.6 Å². The van der Waals surface area contributed by atoms with Crippen LogP contribution in [0.15, 0.2) is 36.5 Å². The number of pyridine rings is 1. The molecule has 98 valence electrons. The van der Waals surface area contributed by atoms with Crippen LogP contribution in [0.3, 0.4) is 0 Å². The Morgan fingerprint density at radius 3 is 2.84 bits per heavy atom. The molecule has 0 unspecified atom stereocenters. The zero-order valence-corrected chi connectivity index (χ0v) is 10.9. The van der Waals surface area contributed by atoms with Crippen LogP contribution in [0, 0.1) is 12.7 Å². The molecule has 1 heterocycles. The lowest BCUT2D eigenvalue weighted by Crippen LogP contribution is -2.06. The summed E-state index contributed by atoms with van der Waals surface area (Å²) < 4.78 is 19.1. The van der Waals surface area contributed by atoms with Gasteiger partial charge in [0.05, 0.1) is 0 Å². The minimum Gasteiger partial charge on any atom is -0.472 e. The number of nitrogens with zero attached hydrogens (tertiary/aromatic N) is 1. The Hall–Kier alpha value is -1.94. The maximum atomic E-state index is 13.7. The van der Waals surface area contributed by atoms with Crippen LogP contribution < -0.4 is 4.74 Å².